The summed E-state index contributed by atoms with van der Waals surface area (Å²) in [5.74, 6) is 0. The summed E-state index contributed by atoms with van der Waals surface area (Å²) in [6.45, 7) is 9.11. The SMILES string of the molecule is CC(C)(C)N1CCC2(CC1)Cc1ncc(Cl)cc1[C@H]2N. The molecule has 4 heteroatoms. The molecule has 0 aromatic carbocycles. The van der Waals surface area contributed by atoms with Crippen molar-refractivity contribution >= 4 is 11.6 Å². The molecule has 1 aliphatic carbocycles. The maximum atomic E-state index is 6.56. The number of rotatable bonds is 0. The van der Waals surface area contributed by atoms with Crippen molar-refractivity contribution in [1.82, 2.24) is 9.88 Å². The largest absolute Gasteiger partial charge is 0.323 e. The van der Waals surface area contributed by atoms with Crippen LogP contribution in [0.4, 0.5) is 0 Å². The molecule has 1 atom stereocenters. The van der Waals surface area contributed by atoms with Gasteiger partial charge in [-0.25, -0.2) is 0 Å². The molecular weight excluding hydrogens is 270 g/mol. The molecule has 20 heavy (non-hydrogen) atoms. The van der Waals surface area contributed by atoms with E-state index >= 15 is 0 Å². The standard InChI is InChI=1S/C16H24ClN3/c1-15(2,3)20-6-4-16(5-7-20)9-13-12(14(16)18)8-11(17)10-19-13/h8,10,14H,4-7,9,18H2,1-3H3/t14-/m1/s1. The van der Waals surface area contributed by atoms with E-state index < -0.39 is 0 Å². The maximum Gasteiger partial charge on any atom is 0.0592 e. The van der Waals surface area contributed by atoms with Crippen molar-refractivity contribution in [1.29, 1.82) is 0 Å². The lowest BCUT2D eigenvalue weighted by molar-refractivity contribution is 0.0343. The van der Waals surface area contributed by atoms with Crippen LogP contribution in [-0.4, -0.2) is 28.5 Å². The van der Waals surface area contributed by atoms with E-state index in [0.717, 1.165) is 38.0 Å². The Morgan fingerprint density at radius 3 is 2.60 bits per heavy atom. The van der Waals surface area contributed by atoms with Gasteiger partial charge in [-0.2, -0.15) is 0 Å². The second-order valence-corrected chi connectivity index (χ2v) is 7.80. The molecule has 0 radical (unpaired) electrons. The van der Waals surface area contributed by atoms with Crippen molar-refractivity contribution in [2.45, 2.75) is 51.6 Å². The lowest BCUT2D eigenvalue weighted by Crippen LogP contribution is -2.51. The number of pyridine rings is 1. The highest BCUT2D eigenvalue weighted by Crippen LogP contribution is 2.51. The first kappa shape index (κ1) is 14.3. The summed E-state index contributed by atoms with van der Waals surface area (Å²) in [5, 5.41) is 0.698. The van der Waals surface area contributed by atoms with E-state index in [0.29, 0.717) is 5.02 Å². The van der Waals surface area contributed by atoms with Gasteiger partial charge in [-0.3, -0.25) is 9.88 Å². The number of piperidine rings is 1. The number of hydrogen-bond donors (Lipinski definition) is 1. The zero-order chi connectivity index (χ0) is 14.5. The molecule has 2 N–H and O–H groups in total. The third kappa shape index (κ3) is 2.26. The molecule has 1 saturated heterocycles. The fraction of sp³-hybridized carbons (Fsp3) is 0.688. The number of fused-ring (bicyclic) bond motifs is 1. The van der Waals surface area contributed by atoms with E-state index in [2.05, 4.69) is 30.7 Å². The van der Waals surface area contributed by atoms with Gasteiger partial charge in [0.1, 0.15) is 0 Å². The minimum Gasteiger partial charge on any atom is -0.323 e. The van der Waals surface area contributed by atoms with E-state index in [-0.39, 0.29) is 17.0 Å². The maximum absolute atomic E-state index is 6.56. The number of nitrogens with zero attached hydrogens (tertiary/aromatic N) is 2. The van der Waals surface area contributed by atoms with Crippen molar-refractivity contribution in [2.24, 2.45) is 11.1 Å². The summed E-state index contributed by atoms with van der Waals surface area (Å²) in [4.78, 5) is 7.06. The number of nitrogens with two attached hydrogens (primary N) is 1. The zero-order valence-electron chi connectivity index (χ0n) is 12.6. The van der Waals surface area contributed by atoms with Crippen LogP contribution >= 0.6 is 11.6 Å². The van der Waals surface area contributed by atoms with Gasteiger partial charge in [-0.15, -0.1) is 0 Å². The Bertz CT molecular complexity index is 513. The van der Waals surface area contributed by atoms with E-state index in [1.54, 1.807) is 6.20 Å². The van der Waals surface area contributed by atoms with Gasteiger partial charge in [-0.1, -0.05) is 11.6 Å². The first-order valence-electron chi connectivity index (χ1n) is 7.47. The van der Waals surface area contributed by atoms with Crippen LogP contribution in [0.15, 0.2) is 12.3 Å². The third-order valence-electron chi connectivity index (χ3n) is 5.19. The normalized spacial score (nSPS) is 25.9. The zero-order valence-corrected chi connectivity index (χ0v) is 13.4. The van der Waals surface area contributed by atoms with Crippen LogP contribution in [0.2, 0.25) is 5.02 Å². The summed E-state index contributed by atoms with van der Waals surface area (Å²) in [6, 6.07) is 2.10. The Labute approximate surface area is 126 Å². The van der Waals surface area contributed by atoms with Gasteiger partial charge < -0.3 is 5.73 Å². The molecular formula is C16H24ClN3. The van der Waals surface area contributed by atoms with Crippen molar-refractivity contribution in [3.8, 4) is 0 Å². The molecule has 1 aromatic rings. The molecule has 1 spiro atoms. The Morgan fingerprint density at radius 1 is 1.35 bits per heavy atom. The fourth-order valence-corrected chi connectivity index (χ4v) is 3.95. The van der Waals surface area contributed by atoms with Crippen molar-refractivity contribution < 1.29 is 0 Å². The number of hydrogen-bond acceptors (Lipinski definition) is 3. The molecule has 1 aliphatic heterocycles. The Balaban J connectivity index is 1.81. The first-order chi connectivity index (χ1) is 9.32. The molecule has 1 fully saturated rings. The van der Waals surface area contributed by atoms with Gasteiger partial charge in [0.2, 0.25) is 0 Å². The predicted octanol–water partition coefficient (Wildman–Crippen LogP) is 3.17. The molecule has 0 amide bonds. The summed E-state index contributed by atoms with van der Waals surface area (Å²) in [7, 11) is 0. The highest BCUT2D eigenvalue weighted by Gasteiger charge is 2.47. The molecule has 0 unspecified atom stereocenters. The second kappa shape index (κ2) is 4.69. The van der Waals surface area contributed by atoms with Crippen molar-refractivity contribution in [3.63, 3.8) is 0 Å². The Kier molecular flexibility index (Phi) is 3.35. The second-order valence-electron chi connectivity index (χ2n) is 7.36. The highest BCUT2D eigenvalue weighted by atomic mass is 35.5. The van der Waals surface area contributed by atoms with E-state index in [1.165, 1.54) is 5.56 Å². The lowest BCUT2D eigenvalue weighted by Gasteiger charge is -2.46. The molecule has 110 valence electrons. The number of halogens is 1. The van der Waals surface area contributed by atoms with E-state index in [9.17, 15) is 0 Å². The van der Waals surface area contributed by atoms with Crippen LogP contribution in [-0.2, 0) is 6.42 Å². The molecule has 0 bridgehead atoms. The van der Waals surface area contributed by atoms with Crippen LogP contribution in [0.3, 0.4) is 0 Å². The summed E-state index contributed by atoms with van der Waals surface area (Å²) >= 11 is 6.07. The minimum absolute atomic E-state index is 0.0887. The van der Waals surface area contributed by atoms with Crippen LogP contribution in [0.25, 0.3) is 0 Å². The molecule has 3 nitrogen and oxygen atoms in total. The van der Waals surface area contributed by atoms with Gasteiger partial charge in [0.05, 0.1) is 5.02 Å². The van der Waals surface area contributed by atoms with Crippen LogP contribution in [0, 0.1) is 5.41 Å². The predicted molar refractivity (Wildman–Crippen MR) is 82.9 cm³/mol. The fourth-order valence-electron chi connectivity index (χ4n) is 3.78. The first-order valence-corrected chi connectivity index (χ1v) is 7.85. The average Bonchev–Trinajstić information content (AvgIpc) is 2.63. The van der Waals surface area contributed by atoms with Gasteiger partial charge >= 0.3 is 0 Å². The Morgan fingerprint density at radius 2 is 2.00 bits per heavy atom. The smallest absolute Gasteiger partial charge is 0.0592 e. The van der Waals surface area contributed by atoms with Crippen LogP contribution in [0.1, 0.15) is 50.9 Å². The van der Waals surface area contributed by atoms with E-state index in [4.69, 9.17) is 17.3 Å². The lowest BCUT2D eigenvalue weighted by atomic mass is 9.72. The molecule has 2 heterocycles. The summed E-state index contributed by atoms with van der Waals surface area (Å²) in [6.07, 6.45) is 5.06. The molecule has 0 saturated carbocycles. The summed E-state index contributed by atoms with van der Waals surface area (Å²) in [5.41, 5.74) is 9.33. The van der Waals surface area contributed by atoms with Crippen molar-refractivity contribution in [3.05, 3.63) is 28.5 Å². The number of likely N-dealkylation sites (tertiary alicyclic amines) is 1. The highest BCUT2D eigenvalue weighted by molar-refractivity contribution is 6.30. The Hall–Kier alpha value is -0.640. The van der Waals surface area contributed by atoms with Gasteiger partial charge in [-0.05, 0) is 70.2 Å². The van der Waals surface area contributed by atoms with Gasteiger partial charge in [0.25, 0.3) is 0 Å². The van der Waals surface area contributed by atoms with Gasteiger partial charge in [0.15, 0.2) is 0 Å². The molecule has 2 aliphatic rings. The van der Waals surface area contributed by atoms with Gasteiger partial charge in [0, 0.05) is 23.5 Å². The minimum atomic E-state index is 0.0887. The number of aromatic nitrogens is 1. The molecule has 1 aromatic heterocycles. The summed E-state index contributed by atoms with van der Waals surface area (Å²) < 4.78 is 0. The average molecular weight is 294 g/mol. The van der Waals surface area contributed by atoms with E-state index in [1.807, 2.05) is 6.07 Å². The van der Waals surface area contributed by atoms with Crippen LogP contribution < -0.4 is 5.73 Å². The molecule has 3 rings (SSSR count). The topological polar surface area (TPSA) is 42.2 Å². The monoisotopic (exact) mass is 293 g/mol. The quantitative estimate of drug-likeness (QED) is 0.799. The van der Waals surface area contributed by atoms with Crippen LogP contribution in [0.5, 0.6) is 0 Å². The third-order valence-corrected chi connectivity index (χ3v) is 5.40. The van der Waals surface area contributed by atoms with Crippen molar-refractivity contribution in [2.75, 3.05) is 13.1 Å².